The minimum Gasteiger partial charge on any atom is -0.350 e. The molecule has 0 spiro atoms. The maximum absolute atomic E-state index is 13.9. The molecular formula is C30H42N4O2. The smallest absolute Gasteiger partial charge is 0.243 e. The Kier molecular flexibility index (Phi) is 8.81. The van der Waals surface area contributed by atoms with Gasteiger partial charge in [-0.1, -0.05) is 74.0 Å². The molecule has 2 aromatic carbocycles. The molecule has 2 aliphatic rings. The van der Waals surface area contributed by atoms with Crippen LogP contribution in [0.3, 0.4) is 0 Å². The van der Waals surface area contributed by atoms with Crippen molar-refractivity contribution in [3.05, 3.63) is 71.3 Å². The predicted octanol–water partition coefficient (Wildman–Crippen LogP) is 3.66. The van der Waals surface area contributed by atoms with Crippen molar-refractivity contribution in [3.8, 4) is 0 Å². The number of nitrogens with one attached hydrogen (secondary N) is 1. The van der Waals surface area contributed by atoms with Crippen LogP contribution in [-0.4, -0.2) is 58.9 Å². The number of hydrogen-bond donors (Lipinski definition) is 2. The molecule has 0 bridgehead atoms. The van der Waals surface area contributed by atoms with Gasteiger partial charge in [0.15, 0.2) is 0 Å². The molecule has 0 aromatic heterocycles. The minimum atomic E-state index is -0.463. The van der Waals surface area contributed by atoms with Crippen LogP contribution in [0.4, 0.5) is 0 Å². The SMILES string of the molecule is Cc1ccc(CNC(=O)[C@@H](CC(C)C)N2CCC(CCc3ccccc3)N3C[C@H](N)C[C@H]3C2=O)cc1. The summed E-state index contributed by atoms with van der Waals surface area (Å²) in [6, 6.07) is 18.3. The van der Waals surface area contributed by atoms with Gasteiger partial charge < -0.3 is 16.0 Å². The zero-order valence-electron chi connectivity index (χ0n) is 22.0. The molecule has 6 nitrogen and oxygen atoms in total. The van der Waals surface area contributed by atoms with Crippen molar-refractivity contribution in [2.45, 2.75) is 83.6 Å². The molecule has 1 unspecified atom stereocenters. The van der Waals surface area contributed by atoms with Crippen LogP contribution in [0.5, 0.6) is 0 Å². The zero-order chi connectivity index (χ0) is 25.7. The summed E-state index contributed by atoms with van der Waals surface area (Å²) in [7, 11) is 0. The standard InChI is InChI=1S/C30H42N4O2/c1-21(2)17-27(29(35)32-19-24-11-9-22(3)10-12-24)33-16-15-26(14-13-23-7-5-4-6-8-23)34-20-25(31)18-28(34)30(33)36/h4-12,21,25-28H,13-20,31H2,1-3H3,(H,32,35)/t25-,26?,27-,28+/m1/s1. The molecule has 2 amide bonds. The van der Waals surface area contributed by atoms with E-state index in [4.69, 9.17) is 5.73 Å². The third kappa shape index (κ3) is 6.54. The largest absolute Gasteiger partial charge is 0.350 e. The third-order valence-corrected chi connectivity index (χ3v) is 7.68. The third-order valence-electron chi connectivity index (χ3n) is 7.68. The Hall–Kier alpha value is -2.70. The summed E-state index contributed by atoms with van der Waals surface area (Å²) in [5.41, 5.74) is 9.94. The predicted molar refractivity (Wildman–Crippen MR) is 144 cm³/mol. The number of fused-ring (bicyclic) bond motifs is 1. The molecule has 0 radical (unpaired) electrons. The molecule has 0 saturated carbocycles. The summed E-state index contributed by atoms with van der Waals surface area (Å²) in [5.74, 6) is 0.308. The van der Waals surface area contributed by atoms with E-state index in [9.17, 15) is 9.59 Å². The van der Waals surface area contributed by atoms with E-state index in [1.165, 1.54) is 11.1 Å². The van der Waals surface area contributed by atoms with Crippen LogP contribution >= 0.6 is 0 Å². The molecule has 36 heavy (non-hydrogen) atoms. The quantitative estimate of drug-likeness (QED) is 0.562. The summed E-state index contributed by atoms with van der Waals surface area (Å²) < 4.78 is 0. The van der Waals surface area contributed by atoms with E-state index in [0.29, 0.717) is 31.8 Å². The van der Waals surface area contributed by atoms with Crippen molar-refractivity contribution in [2.75, 3.05) is 13.1 Å². The second-order valence-corrected chi connectivity index (χ2v) is 11.1. The first-order valence-corrected chi connectivity index (χ1v) is 13.5. The number of hydrogen-bond acceptors (Lipinski definition) is 4. The zero-order valence-corrected chi connectivity index (χ0v) is 22.0. The van der Waals surface area contributed by atoms with Gasteiger partial charge >= 0.3 is 0 Å². The number of carbonyl (C=O) groups excluding carboxylic acids is 2. The van der Waals surface area contributed by atoms with E-state index in [1.807, 2.05) is 23.1 Å². The van der Waals surface area contributed by atoms with Gasteiger partial charge in [-0.3, -0.25) is 14.5 Å². The number of nitrogens with zero attached hydrogens (tertiary/aromatic N) is 2. The highest BCUT2D eigenvalue weighted by molar-refractivity contribution is 5.90. The van der Waals surface area contributed by atoms with Crippen molar-refractivity contribution >= 4 is 11.8 Å². The molecule has 2 aromatic rings. The average molecular weight is 491 g/mol. The van der Waals surface area contributed by atoms with E-state index < -0.39 is 6.04 Å². The van der Waals surface area contributed by atoms with Gasteiger partial charge in [0.2, 0.25) is 11.8 Å². The summed E-state index contributed by atoms with van der Waals surface area (Å²) in [5, 5.41) is 3.12. The highest BCUT2D eigenvalue weighted by Gasteiger charge is 2.45. The maximum Gasteiger partial charge on any atom is 0.243 e. The Bertz CT molecular complexity index is 1010. The van der Waals surface area contributed by atoms with Gasteiger partial charge in [0, 0.05) is 31.7 Å². The topological polar surface area (TPSA) is 78.7 Å². The number of nitrogens with two attached hydrogens (primary N) is 1. The van der Waals surface area contributed by atoms with E-state index in [1.54, 1.807) is 0 Å². The lowest BCUT2D eigenvalue weighted by Crippen LogP contribution is -2.53. The van der Waals surface area contributed by atoms with Crippen LogP contribution in [-0.2, 0) is 22.6 Å². The first kappa shape index (κ1) is 26.4. The van der Waals surface area contributed by atoms with Gasteiger partial charge in [-0.05, 0) is 56.1 Å². The van der Waals surface area contributed by atoms with Crippen molar-refractivity contribution < 1.29 is 9.59 Å². The van der Waals surface area contributed by atoms with Gasteiger partial charge in [-0.15, -0.1) is 0 Å². The Morgan fingerprint density at radius 3 is 2.50 bits per heavy atom. The first-order chi connectivity index (χ1) is 17.3. The number of amides is 2. The monoisotopic (exact) mass is 490 g/mol. The summed E-state index contributed by atoms with van der Waals surface area (Å²) >= 11 is 0. The maximum atomic E-state index is 13.9. The fourth-order valence-corrected chi connectivity index (χ4v) is 5.73. The second kappa shape index (κ2) is 12.0. The first-order valence-electron chi connectivity index (χ1n) is 13.5. The molecule has 3 N–H and O–H groups in total. The van der Waals surface area contributed by atoms with Crippen molar-refractivity contribution in [2.24, 2.45) is 11.7 Å². The fourth-order valence-electron chi connectivity index (χ4n) is 5.73. The molecule has 0 aliphatic carbocycles. The number of carbonyl (C=O) groups is 2. The highest BCUT2D eigenvalue weighted by atomic mass is 16.2. The minimum absolute atomic E-state index is 0.00274. The van der Waals surface area contributed by atoms with Gasteiger partial charge in [0.05, 0.1) is 6.04 Å². The molecule has 2 aliphatic heterocycles. The van der Waals surface area contributed by atoms with E-state index in [0.717, 1.165) is 31.4 Å². The summed E-state index contributed by atoms with van der Waals surface area (Å²) in [6.07, 6.45) is 4.14. The molecule has 2 saturated heterocycles. The molecule has 2 fully saturated rings. The Labute approximate surface area is 216 Å². The van der Waals surface area contributed by atoms with Crippen LogP contribution < -0.4 is 11.1 Å². The average Bonchev–Trinajstić information content (AvgIpc) is 3.21. The van der Waals surface area contributed by atoms with E-state index in [2.05, 4.69) is 67.4 Å². The van der Waals surface area contributed by atoms with Crippen LogP contribution in [0.2, 0.25) is 0 Å². The lowest BCUT2D eigenvalue weighted by atomic mass is 9.99. The van der Waals surface area contributed by atoms with Crippen molar-refractivity contribution in [1.82, 2.24) is 15.1 Å². The van der Waals surface area contributed by atoms with Gasteiger partial charge in [0.1, 0.15) is 6.04 Å². The van der Waals surface area contributed by atoms with Gasteiger partial charge in [-0.25, -0.2) is 0 Å². The highest BCUT2D eigenvalue weighted by Crippen LogP contribution is 2.30. The second-order valence-electron chi connectivity index (χ2n) is 11.1. The lowest BCUT2D eigenvalue weighted by Gasteiger charge is -2.33. The molecular weight excluding hydrogens is 448 g/mol. The fraction of sp³-hybridized carbons (Fsp3) is 0.533. The Balaban J connectivity index is 1.49. The van der Waals surface area contributed by atoms with Crippen LogP contribution in [0.15, 0.2) is 54.6 Å². The van der Waals surface area contributed by atoms with Crippen molar-refractivity contribution in [3.63, 3.8) is 0 Å². The molecule has 4 atom stereocenters. The van der Waals surface area contributed by atoms with Gasteiger partial charge in [-0.2, -0.15) is 0 Å². The lowest BCUT2D eigenvalue weighted by molar-refractivity contribution is -0.143. The molecule has 2 heterocycles. The number of aryl methyl sites for hydroxylation is 2. The number of benzene rings is 2. The van der Waals surface area contributed by atoms with Gasteiger partial charge in [0.25, 0.3) is 0 Å². The number of rotatable bonds is 9. The molecule has 4 rings (SSSR count). The summed E-state index contributed by atoms with van der Waals surface area (Å²) in [4.78, 5) is 31.6. The Morgan fingerprint density at radius 1 is 1.08 bits per heavy atom. The Morgan fingerprint density at radius 2 is 1.81 bits per heavy atom. The molecule has 6 heteroatoms. The van der Waals surface area contributed by atoms with Crippen molar-refractivity contribution in [1.29, 1.82) is 0 Å². The summed E-state index contributed by atoms with van der Waals surface area (Å²) in [6.45, 7) is 8.10. The van der Waals surface area contributed by atoms with E-state index in [-0.39, 0.29) is 29.9 Å². The van der Waals surface area contributed by atoms with Crippen LogP contribution in [0.1, 0.15) is 56.2 Å². The molecule has 194 valence electrons. The van der Waals surface area contributed by atoms with E-state index >= 15 is 0 Å². The van der Waals surface area contributed by atoms with Crippen LogP contribution in [0.25, 0.3) is 0 Å². The van der Waals surface area contributed by atoms with Crippen LogP contribution in [0, 0.1) is 12.8 Å². The normalized spacial score (nSPS) is 23.4.